The summed E-state index contributed by atoms with van der Waals surface area (Å²) in [6.07, 6.45) is 0. The number of benzene rings is 2. The van der Waals surface area contributed by atoms with E-state index >= 15 is 0 Å². The van der Waals surface area contributed by atoms with Crippen LogP contribution in [0, 0.1) is 5.92 Å². The van der Waals surface area contributed by atoms with Crippen LogP contribution in [-0.4, -0.2) is 41.3 Å². The molecule has 0 radical (unpaired) electrons. The number of rotatable bonds is 4. The van der Waals surface area contributed by atoms with Crippen molar-refractivity contribution in [1.82, 2.24) is 15.0 Å². The molecule has 1 saturated heterocycles. The number of aromatic nitrogens is 2. The van der Waals surface area contributed by atoms with E-state index in [2.05, 4.69) is 22.4 Å². The van der Waals surface area contributed by atoms with E-state index in [1.807, 2.05) is 54.6 Å². The van der Waals surface area contributed by atoms with Crippen LogP contribution in [0.15, 0.2) is 59.1 Å². The Hall–Kier alpha value is -3.35. The average Bonchev–Trinajstić information content (AvgIpc) is 3.36. The normalized spacial score (nSPS) is 18.9. The maximum Gasteiger partial charge on any atom is 0.321 e. The molecule has 2 atom stereocenters. The van der Waals surface area contributed by atoms with Crippen LogP contribution in [0.3, 0.4) is 0 Å². The third kappa shape index (κ3) is 3.55. The zero-order valence-corrected chi connectivity index (χ0v) is 15.8. The van der Waals surface area contributed by atoms with E-state index in [1.54, 1.807) is 12.0 Å². The standard InChI is InChI=1S/C21H22N4O3/c1-14-12-25(21(26)22-17-10-6-7-11-18(17)27-2)13-16(14)20-23-19(24-28-20)15-8-4-3-5-9-15/h3-11,14,16H,12-13H2,1-2H3,(H,22,26). The first-order chi connectivity index (χ1) is 13.7. The molecular weight excluding hydrogens is 356 g/mol. The number of amides is 2. The fourth-order valence-electron chi connectivity index (χ4n) is 3.49. The number of carbonyl (C=O) groups is 1. The molecule has 144 valence electrons. The Bertz CT molecular complexity index is 957. The van der Waals surface area contributed by atoms with Crippen LogP contribution in [0.5, 0.6) is 5.75 Å². The van der Waals surface area contributed by atoms with Gasteiger partial charge in [0.15, 0.2) is 0 Å². The van der Waals surface area contributed by atoms with E-state index in [9.17, 15) is 4.79 Å². The SMILES string of the molecule is COc1ccccc1NC(=O)N1CC(C)C(c2nc(-c3ccccc3)no2)C1. The maximum atomic E-state index is 12.7. The number of hydrogen-bond acceptors (Lipinski definition) is 5. The summed E-state index contributed by atoms with van der Waals surface area (Å²) in [4.78, 5) is 19.1. The fraction of sp³-hybridized carbons (Fsp3) is 0.286. The number of para-hydroxylation sites is 2. The topological polar surface area (TPSA) is 80.5 Å². The van der Waals surface area contributed by atoms with Crippen molar-refractivity contribution in [3.05, 3.63) is 60.5 Å². The molecule has 0 bridgehead atoms. The Labute approximate surface area is 163 Å². The summed E-state index contributed by atoms with van der Waals surface area (Å²) in [6.45, 7) is 3.24. The van der Waals surface area contributed by atoms with Gasteiger partial charge in [0.1, 0.15) is 5.75 Å². The fourth-order valence-corrected chi connectivity index (χ4v) is 3.49. The lowest BCUT2D eigenvalue weighted by Crippen LogP contribution is -2.33. The quantitative estimate of drug-likeness (QED) is 0.742. The van der Waals surface area contributed by atoms with Crippen molar-refractivity contribution in [3.63, 3.8) is 0 Å². The molecule has 1 aliphatic rings. The third-order valence-corrected chi connectivity index (χ3v) is 5.04. The van der Waals surface area contributed by atoms with Gasteiger partial charge in [0, 0.05) is 18.7 Å². The predicted octanol–water partition coefficient (Wildman–Crippen LogP) is 4.01. The van der Waals surface area contributed by atoms with Crippen LogP contribution in [0.4, 0.5) is 10.5 Å². The van der Waals surface area contributed by atoms with Crippen molar-refractivity contribution >= 4 is 11.7 Å². The minimum Gasteiger partial charge on any atom is -0.495 e. The van der Waals surface area contributed by atoms with Crippen LogP contribution in [0.2, 0.25) is 0 Å². The molecule has 7 heteroatoms. The second-order valence-corrected chi connectivity index (χ2v) is 6.94. The number of anilines is 1. The van der Waals surface area contributed by atoms with Gasteiger partial charge in [-0.25, -0.2) is 4.79 Å². The first kappa shape index (κ1) is 18.0. The van der Waals surface area contributed by atoms with Gasteiger partial charge in [-0.3, -0.25) is 0 Å². The zero-order valence-electron chi connectivity index (χ0n) is 15.8. The first-order valence-corrected chi connectivity index (χ1v) is 9.23. The Morgan fingerprint density at radius 1 is 1.14 bits per heavy atom. The van der Waals surface area contributed by atoms with Gasteiger partial charge in [0.05, 0.1) is 18.7 Å². The molecule has 7 nitrogen and oxygen atoms in total. The number of ether oxygens (including phenoxy) is 1. The highest BCUT2D eigenvalue weighted by Crippen LogP contribution is 2.33. The number of carbonyl (C=O) groups excluding carboxylic acids is 1. The van der Waals surface area contributed by atoms with E-state index in [0.29, 0.717) is 36.2 Å². The lowest BCUT2D eigenvalue weighted by molar-refractivity contribution is 0.220. The molecule has 1 aliphatic heterocycles. The van der Waals surface area contributed by atoms with Gasteiger partial charge in [0.2, 0.25) is 11.7 Å². The molecule has 0 aliphatic carbocycles. The molecule has 1 N–H and O–H groups in total. The van der Waals surface area contributed by atoms with Gasteiger partial charge in [-0.15, -0.1) is 0 Å². The Balaban J connectivity index is 1.46. The number of likely N-dealkylation sites (tertiary alicyclic amines) is 1. The molecule has 28 heavy (non-hydrogen) atoms. The number of methoxy groups -OCH3 is 1. The number of nitrogens with zero attached hydrogens (tertiary/aromatic N) is 3. The van der Waals surface area contributed by atoms with Crippen LogP contribution in [0.1, 0.15) is 18.7 Å². The van der Waals surface area contributed by atoms with Gasteiger partial charge in [0.25, 0.3) is 0 Å². The monoisotopic (exact) mass is 378 g/mol. The van der Waals surface area contributed by atoms with E-state index in [-0.39, 0.29) is 17.9 Å². The molecule has 2 unspecified atom stereocenters. The minimum atomic E-state index is -0.165. The smallest absolute Gasteiger partial charge is 0.321 e. The molecule has 2 amide bonds. The first-order valence-electron chi connectivity index (χ1n) is 9.23. The molecule has 3 aromatic rings. The highest BCUT2D eigenvalue weighted by atomic mass is 16.5. The lowest BCUT2D eigenvalue weighted by atomic mass is 9.98. The van der Waals surface area contributed by atoms with Gasteiger partial charge >= 0.3 is 6.03 Å². The molecule has 1 fully saturated rings. The zero-order chi connectivity index (χ0) is 19.5. The number of urea groups is 1. The second-order valence-electron chi connectivity index (χ2n) is 6.94. The number of hydrogen-bond donors (Lipinski definition) is 1. The molecule has 4 rings (SSSR count). The van der Waals surface area contributed by atoms with Gasteiger partial charge in [-0.05, 0) is 18.1 Å². The summed E-state index contributed by atoms with van der Waals surface area (Å²) >= 11 is 0. The largest absolute Gasteiger partial charge is 0.495 e. The molecule has 0 spiro atoms. The lowest BCUT2D eigenvalue weighted by Gasteiger charge is -2.18. The minimum absolute atomic E-state index is 0.00776. The van der Waals surface area contributed by atoms with Crippen LogP contribution in [-0.2, 0) is 0 Å². The van der Waals surface area contributed by atoms with Gasteiger partial charge in [-0.1, -0.05) is 54.5 Å². The summed E-state index contributed by atoms with van der Waals surface area (Å²) < 4.78 is 10.8. The molecule has 1 aromatic heterocycles. The molecule has 2 aromatic carbocycles. The van der Waals surface area contributed by atoms with Crippen molar-refractivity contribution in [2.75, 3.05) is 25.5 Å². The predicted molar refractivity (Wildman–Crippen MR) is 105 cm³/mol. The maximum absolute atomic E-state index is 12.7. The van der Waals surface area contributed by atoms with Crippen molar-refractivity contribution in [2.24, 2.45) is 5.92 Å². The third-order valence-electron chi connectivity index (χ3n) is 5.04. The van der Waals surface area contributed by atoms with Crippen LogP contribution in [0.25, 0.3) is 11.4 Å². The molecule has 2 heterocycles. The highest BCUT2D eigenvalue weighted by Gasteiger charge is 2.37. The second kappa shape index (κ2) is 7.72. The van der Waals surface area contributed by atoms with E-state index < -0.39 is 0 Å². The summed E-state index contributed by atoms with van der Waals surface area (Å²) in [5.74, 6) is 1.99. The summed E-state index contributed by atoms with van der Waals surface area (Å²) in [6, 6.07) is 16.9. The van der Waals surface area contributed by atoms with Gasteiger partial charge in [-0.2, -0.15) is 4.98 Å². The van der Waals surface area contributed by atoms with Crippen molar-refractivity contribution in [3.8, 4) is 17.1 Å². The van der Waals surface area contributed by atoms with E-state index in [4.69, 9.17) is 9.26 Å². The van der Waals surface area contributed by atoms with Gasteiger partial charge < -0.3 is 19.5 Å². The summed E-state index contributed by atoms with van der Waals surface area (Å²) in [5.41, 5.74) is 1.56. The molecule has 0 saturated carbocycles. The van der Waals surface area contributed by atoms with Crippen LogP contribution < -0.4 is 10.1 Å². The summed E-state index contributed by atoms with van der Waals surface area (Å²) in [5, 5.41) is 7.03. The summed E-state index contributed by atoms with van der Waals surface area (Å²) in [7, 11) is 1.58. The van der Waals surface area contributed by atoms with Crippen molar-refractivity contribution < 1.29 is 14.1 Å². The highest BCUT2D eigenvalue weighted by molar-refractivity contribution is 5.91. The Morgan fingerprint density at radius 2 is 1.89 bits per heavy atom. The average molecular weight is 378 g/mol. The Kier molecular flexibility index (Phi) is 4.97. The van der Waals surface area contributed by atoms with E-state index in [0.717, 1.165) is 5.56 Å². The van der Waals surface area contributed by atoms with Crippen molar-refractivity contribution in [2.45, 2.75) is 12.8 Å². The van der Waals surface area contributed by atoms with Crippen molar-refractivity contribution in [1.29, 1.82) is 0 Å². The Morgan fingerprint density at radius 3 is 2.68 bits per heavy atom. The van der Waals surface area contributed by atoms with Crippen LogP contribution >= 0.6 is 0 Å². The number of nitrogens with one attached hydrogen (secondary N) is 1. The van der Waals surface area contributed by atoms with E-state index in [1.165, 1.54) is 0 Å². The molecular formula is C21H22N4O3.